The first-order valence-corrected chi connectivity index (χ1v) is 6.59. The van der Waals surface area contributed by atoms with E-state index >= 15 is 0 Å². The Balaban J connectivity index is 2.14. The molecule has 0 amide bonds. The molecule has 1 atom stereocenters. The van der Waals surface area contributed by atoms with E-state index in [0.717, 1.165) is 6.54 Å². The van der Waals surface area contributed by atoms with Crippen molar-refractivity contribution >= 4 is 17.3 Å². The molecule has 0 spiro atoms. The van der Waals surface area contributed by atoms with Gasteiger partial charge in [-0.15, -0.1) is 11.3 Å². The molecule has 0 radical (unpaired) electrons. The first kappa shape index (κ1) is 11.6. The van der Waals surface area contributed by atoms with E-state index in [9.17, 15) is 4.79 Å². The van der Waals surface area contributed by atoms with Gasteiger partial charge in [0.25, 0.3) is 0 Å². The normalized spacial score (nSPS) is 17.6. The fourth-order valence-electron chi connectivity index (χ4n) is 2.16. The van der Waals surface area contributed by atoms with Gasteiger partial charge in [-0.2, -0.15) is 0 Å². The molecule has 1 aromatic heterocycles. The molecule has 4 heteroatoms. The first-order valence-electron chi connectivity index (χ1n) is 5.71. The van der Waals surface area contributed by atoms with Crippen LogP contribution in [-0.4, -0.2) is 29.1 Å². The molecule has 1 aromatic rings. The van der Waals surface area contributed by atoms with Gasteiger partial charge in [-0.1, -0.05) is 13.0 Å². The molecule has 1 N–H and O–H groups in total. The minimum absolute atomic E-state index is 0.148. The Bertz CT molecular complexity index is 346. The second-order valence-corrected chi connectivity index (χ2v) is 5.23. The fraction of sp³-hybridized carbons (Fsp3) is 0.583. The van der Waals surface area contributed by atoms with Crippen LogP contribution in [0, 0.1) is 5.92 Å². The van der Waals surface area contributed by atoms with Crippen LogP contribution in [0.4, 0.5) is 0 Å². The highest BCUT2D eigenvalue weighted by Gasteiger charge is 2.36. The summed E-state index contributed by atoms with van der Waals surface area (Å²) in [4.78, 5) is 14.2. The summed E-state index contributed by atoms with van der Waals surface area (Å²) in [6, 6.07) is 4.49. The summed E-state index contributed by atoms with van der Waals surface area (Å²) in [5, 5.41) is 11.0. The summed E-state index contributed by atoms with van der Waals surface area (Å²) in [5.41, 5.74) is 0. The van der Waals surface area contributed by atoms with E-state index < -0.39 is 5.97 Å². The number of hydrogen-bond acceptors (Lipinski definition) is 3. The highest BCUT2D eigenvalue weighted by Crippen LogP contribution is 2.45. The second-order valence-electron chi connectivity index (χ2n) is 4.25. The number of likely N-dealkylation sites (N-methyl/N-ethyl adjacent to an activating group) is 1. The average Bonchev–Trinajstić information content (AvgIpc) is 2.92. The van der Waals surface area contributed by atoms with Gasteiger partial charge in [0.15, 0.2) is 0 Å². The minimum atomic E-state index is -0.732. The standard InChI is InChI=1S/C12H17NO2S/c1-2-13(8-11(14)15)12(9-5-6-9)10-4-3-7-16-10/h3-4,7,9,12H,2,5-6,8H2,1H3,(H,14,15). The van der Waals surface area contributed by atoms with Crippen molar-refractivity contribution < 1.29 is 9.90 Å². The highest BCUT2D eigenvalue weighted by atomic mass is 32.1. The van der Waals surface area contributed by atoms with Gasteiger partial charge >= 0.3 is 5.97 Å². The third-order valence-corrected chi connectivity index (χ3v) is 3.98. The summed E-state index contributed by atoms with van der Waals surface area (Å²) < 4.78 is 0. The lowest BCUT2D eigenvalue weighted by Gasteiger charge is -2.28. The van der Waals surface area contributed by atoms with Gasteiger partial charge in [-0.25, -0.2) is 0 Å². The molecule has 1 aliphatic rings. The molecule has 2 rings (SSSR count). The van der Waals surface area contributed by atoms with Gasteiger partial charge in [-0.3, -0.25) is 9.69 Å². The summed E-state index contributed by atoms with van der Waals surface area (Å²) in [7, 11) is 0. The zero-order chi connectivity index (χ0) is 11.5. The highest BCUT2D eigenvalue weighted by molar-refractivity contribution is 7.10. The van der Waals surface area contributed by atoms with E-state index in [4.69, 9.17) is 5.11 Å². The molecular formula is C12H17NO2S. The number of thiophene rings is 1. The second kappa shape index (κ2) is 4.97. The van der Waals surface area contributed by atoms with Gasteiger partial charge in [-0.05, 0) is 36.8 Å². The summed E-state index contributed by atoms with van der Waals surface area (Å²) in [6.45, 7) is 2.98. The Labute approximate surface area is 99.7 Å². The molecule has 0 bridgehead atoms. The van der Waals surface area contributed by atoms with Gasteiger partial charge in [0, 0.05) is 10.9 Å². The summed E-state index contributed by atoms with van der Waals surface area (Å²) in [6.07, 6.45) is 2.47. The smallest absolute Gasteiger partial charge is 0.317 e. The van der Waals surface area contributed by atoms with Crippen molar-refractivity contribution in [2.24, 2.45) is 5.92 Å². The van der Waals surface area contributed by atoms with Crippen molar-refractivity contribution in [1.29, 1.82) is 0 Å². The van der Waals surface area contributed by atoms with E-state index in [2.05, 4.69) is 16.3 Å². The predicted molar refractivity (Wildman–Crippen MR) is 64.7 cm³/mol. The van der Waals surface area contributed by atoms with Crippen molar-refractivity contribution in [2.45, 2.75) is 25.8 Å². The van der Waals surface area contributed by atoms with Crippen molar-refractivity contribution in [3.8, 4) is 0 Å². The van der Waals surface area contributed by atoms with Crippen molar-refractivity contribution in [2.75, 3.05) is 13.1 Å². The molecule has 1 unspecified atom stereocenters. The van der Waals surface area contributed by atoms with Gasteiger partial charge in [0.1, 0.15) is 0 Å². The summed E-state index contributed by atoms with van der Waals surface area (Å²) >= 11 is 1.74. The molecule has 0 aliphatic heterocycles. The molecule has 0 saturated heterocycles. The van der Waals surface area contributed by atoms with Crippen molar-refractivity contribution in [1.82, 2.24) is 4.90 Å². The first-order chi connectivity index (χ1) is 7.72. The lowest BCUT2D eigenvalue weighted by Crippen LogP contribution is -2.34. The van der Waals surface area contributed by atoms with Crippen LogP contribution in [-0.2, 0) is 4.79 Å². The van der Waals surface area contributed by atoms with Crippen LogP contribution in [0.5, 0.6) is 0 Å². The van der Waals surface area contributed by atoms with Gasteiger partial charge < -0.3 is 5.11 Å². The number of carboxylic acids is 1. The third kappa shape index (κ3) is 2.62. The average molecular weight is 239 g/mol. The quantitative estimate of drug-likeness (QED) is 0.829. The van der Waals surface area contributed by atoms with E-state index in [1.807, 2.05) is 13.0 Å². The fourth-order valence-corrected chi connectivity index (χ4v) is 3.11. The van der Waals surface area contributed by atoms with Crippen LogP contribution in [0.25, 0.3) is 0 Å². The zero-order valence-corrected chi connectivity index (χ0v) is 10.2. The maximum atomic E-state index is 10.8. The number of hydrogen-bond donors (Lipinski definition) is 1. The van der Waals surface area contributed by atoms with Gasteiger partial charge in [0.2, 0.25) is 0 Å². The van der Waals surface area contributed by atoms with Crippen LogP contribution in [0.1, 0.15) is 30.7 Å². The molecule has 1 fully saturated rings. The van der Waals surface area contributed by atoms with Crippen molar-refractivity contribution in [3.63, 3.8) is 0 Å². The Kier molecular flexibility index (Phi) is 3.61. The van der Waals surface area contributed by atoms with Crippen LogP contribution >= 0.6 is 11.3 Å². The number of nitrogens with zero attached hydrogens (tertiary/aromatic N) is 1. The number of carboxylic acid groups (broad SMARTS) is 1. The Morgan fingerprint density at radius 1 is 1.69 bits per heavy atom. The van der Waals surface area contributed by atoms with E-state index in [1.165, 1.54) is 17.7 Å². The maximum Gasteiger partial charge on any atom is 0.317 e. The number of carbonyl (C=O) groups is 1. The van der Waals surface area contributed by atoms with Crippen LogP contribution in [0.3, 0.4) is 0 Å². The maximum absolute atomic E-state index is 10.8. The molecule has 1 heterocycles. The SMILES string of the molecule is CCN(CC(=O)O)C(c1cccs1)C1CC1. The zero-order valence-electron chi connectivity index (χ0n) is 9.43. The Hall–Kier alpha value is -0.870. The molecule has 88 valence electrons. The van der Waals surface area contributed by atoms with E-state index in [-0.39, 0.29) is 6.54 Å². The minimum Gasteiger partial charge on any atom is -0.480 e. The number of aliphatic carboxylic acids is 1. The largest absolute Gasteiger partial charge is 0.480 e. The molecule has 3 nitrogen and oxygen atoms in total. The molecular weight excluding hydrogens is 222 g/mol. The molecule has 0 aromatic carbocycles. The number of rotatable bonds is 6. The summed E-state index contributed by atoms with van der Waals surface area (Å²) in [5.74, 6) is -0.0676. The predicted octanol–water partition coefficient (Wildman–Crippen LogP) is 2.61. The molecule has 1 saturated carbocycles. The lowest BCUT2D eigenvalue weighted by molar-refractivity contribution is -0.139. The Morgan fingerprint density at radius 3 is 2.88 bits per heavy atom. The van der Waals surface area contributed by atoms with Crippen LogP contribution in [0.2, 0.25) is 0 Å². The lowest BCUT2D eigenvalue weighted by atomic mass is 10.1. The Morgan fingerprint density at radius 2 is 2.44 bits per heavy atom. The third-order valence-electron chi connectivity index (χ3n) is 3.04. The van der Waals surface area contributed by atoms with Crippen molar-refractivity contribution in [3.05, 3.63) is 22.4 Å². The topological polar surface area (TPSA) is 40.5 Å². The van der Waals surface area contributed by atoms with Crippen LogP contribution < -0.4 is 0 Å². The van der Waals surface area contributed by atoms with E-state index in [0.29, 0.717) is 12.0 Å². The van der Waals surface area contributed by atoms with Crippen LogP contribution in [0.15, 0.2) is 17.5 Å². The monoisotopic (exact) mass is 239 g/mol. The molecule has 1 aliphatic carbocycles. The molecule has 16 heavy (non-hydrogen) atoms. The van der Waals surface area contributed by atoms with Gasteiger partial charge in [0.05, 0.1) is 6.54 Å². The van der Waals surface area contributed by atoms with E-state index in [1.54, 1.807) is 11.3 Å².